The fraction of sp³-hybridized carbons (Fsp3) is 0.333. The number of fused-ring (bicyclic) bond motifs is 1. The van der Waals surface area contributed by atoms with E-state index in [-0.39, 0.29) is 29.8 Å². The standard InChI is InChI=1S/C30H29F3N8O4/c1-45-25-14-23-18(13-24(25)36-28(43)22-3-2-4-26(35-22)30(31,32)33)16-41(38-23)20-7-10-39(11-8-20)17-19-5-6-21(15-34-19)40-12-9-27(42)37-29(40)44/h2-6,13-16,20H,7-12,17H2,1H3,(H,36,43)(H,37,42,44). The lowest BCUT2D eigenvalue weighted by molar-refractivity contribution is -0.141. The van der Waals surface area contributed by atoms with Gasteiger partial charge in [-0.25, -0.2) is 9.78 Å². The number of halogens is 3. The van der Waals surface area contributed by atoms with Gasteiger partial charge in [0, 0.05) is 50.2 Å². The Morgan fingerprint density at radius 2 is 1.91 bits per heavy atom. The van der Waals surface area contributed by atoms with Crippen molar-refractivity contribution in [3.05, 3.63) is 71.9 Å². The maximum absolute atomic E-state index is 13.1. The Kier molecular flexibility index (Phi) is 8.10. The molecule has 2 saturated heterocycles. The Hall–Kier alpha value is -5.05. The van der Waals surface area contributed by atoms with E-state index in [9.17, 15) is 27.6 Å². The highest BCUT2D eigenvalue weighted by Crippen LogP contribution is 2.33. The number of nitrogens with one attached hydrogen (secondary N) is 2. The van der Waals surface area contributed by atoms with E-state index in [1.54, 1.807) is 18.3 Å². The van der Waals surface area contributed by atoms with Gasteiger partial charge in [-0.1, -0.05) is 6.07 Å². The van der Waals surface area contributed by atoms with Crippen molar-refractivity contribution >= 4 is 40.1 Å². The molecular formula is C30H29F3N8O4. The normalized spacial score (nSPS) is 16.6. The number of aromatic nitrogens is 4. The van der Waals surface area contributed by atoms with Crippen LogP contribution in [0.1, 0.15) is 47.2 Å². The van der Waals surface area contributed by atoms with E-state index in [1.807, 2.05) is 23.0 Å². The zero-order chi connectivity index (χ0) is 31.7. The van der Waals surface area contributed by atoms with Crippen LogP contribution in [0.3, 0.4) is 0 Å². The summed E-state index contributed by atoms with van der Waals surface area (Å²) in [5.41, 5.74) is 0.934. The first-order valence-electron chi connectivity index (χ1n) is 14.3. The molecule has 0 atom stereocenters. The van der Waals surface area contributed by atoms with E-state index >= 15 is 0 Å². The fourth-order valence-corrected chi connectivity index (χ4v) is 5.48. The molecule has 1 aromatic carbocycles. The molecule has 4 aromatic rings. The van der Waals surface area contributed by atoms with Crippen LogP contribution in [-0.4, -0.2) is 69.2 Å². The van der Waals surface area contributed by atoms with Crippen LogP contribution >= 0.6 is 0 Å². The Morgan fingerprint density at radius 1 is 1.11 bits per heavy atom. The molecule has 2 aliphatic heterocycles. The number of carbonyl (C=O) groups excluding carboxylic acids is 3. The first kappa shape index (κ1) is 30.0. The van der Waals surface area contributed by atoms with Crippen molar-refractivity contribution in [2.24, 2.45) is 0 Å². The lowest BCUT2D eigenvalue weighted by Crippen LogP contribution is -2.49. The summed E-state index contributed by atoms with van der Waals surface area (Å²) >= 11 is 0. The van der Waals surface area contributed by atoms with Crippen molar-refractivity contribution in [3.63, 3.8) is 0 Å². The van der Waals surface area contributed by atoms with Crippen LogP contribution < -0.4 is 20.3 Å². The number of amides is 4. The summed E-state index contributed by atoms with van der Waals surface area (Å²) in [5.74, 6) is -0.761. The number of pyridine rings is 2. The van der Waals surface area contributed by atoms with Crippen molar-refractivity contribution in [3.8, 4) is 5.75 Å². The molecule has 0 unspecified atom stereocenters. The number of urea groups is 1. The summed E-state index contributed by atoms with van der Waals surface area (Å²) in [5, 5.41) is 10.4. The van der Waals surface area contributed by atoms with Gasteiger partial charge in [-0.05, 0) is 43.2 Å². The molecule has 0 bridgehead atoms. The number of imide groups is 1. The van der Waals surface area contributed by atoms with Gasteiger partial charge in [0.05, 0.1) is 41.9 Å². The van der Waals surface area contributed by atoms with Gasteiger partial charge in [0.15, 0.2) is 0 Å². The average molecular weight is 623 g/mol. The number of benzene rings is 1. The number of hydrogen-bond donors (Lipinski definition) is 2. The molecule has 5 heterocycles. The van der Waals surface area contributed by atoms with Crippen LogP contribution in [-0.2, 0) is 17.5 Å². The third-order valence-electron chi connectivity index (χ3n) is 7.86. The number of alkyl halides is 3. The minimum Gasteiger partial charge on any atom is -0.494 e. The number of carbonyl (C=O) groups is 3. The summed E-state index contributed by atoms with van der Waals surface area (Å²) in [7, 11) is 1.43. The third-order valence-corrected chi connectivity index (χ3v) is 7.86. The van der Waals surface area contributed by atoms with Crippen LogP contribution in [0.15, 0.2) is 54.9 Å². The van der Waals surface area contributed by atoms with E-state index in [2.05, 4.69) is 25.5 Å². The average Bonchev–Trinajstić information content (AvgIpc) is 3.44. The highest BCUT2D eigenvalue weighted by molar-refractivity contribution is 6.06. The van der Waals surface area contributed by atoms with Gasteiger partial charge < -0.3 is 10.1 Å². The van der Waals surface area contributed by atoms with E-state index in [4.69, 9.17) is 9.84 Å². The van der Waals surface area contributed by atoms with Gasteiger partial charge in [0.1, 0.15) is 17.1 Å². The topological polar surface area (TPSA) is 135 Å². The Morgan fingerprint density at radius 3 is 2.60 bits per heavy atom. The SMILES string of the molecule is COc1cc2nn(C3CCN(Cc4ccc(N5CCC(=O)NC5=O)cn4)CC3)cc2cc1NC(=O)c1cccc(C(F)(F)F)n1. The van der Waals surface area contributed by atoms with Gasteiger partial charge in [0.2, 0.25) is 5.91 Å². The number of anilines is 2. The van der Waals surface area contributed by atoms with Crippen LogP contribution in [0.2, 0.25) is 0 Å². The molecule has 6 rings (SSSR count). The molecule has 15 heteroatoms. The number of rotatable bonds is 7. The molecule has 0 radical (unpaired) electrons. The second-order valence-corrected chi connectivity index (χ2v) is 10.9. The predicted octanol–water partition coefficient (Wildman–Crippen LogP) is 4.39. The van der Waals surface area contributed by atoms with Gasteiger partial charge in [0.25, 0.3) is 5.91 Å². The predicted molar refractivity (Wildman–Crippen MR) is 157 cm³/mol. The van der Waals surface area contributed by atoms with Crippen molar-refractivity contribution in [2.45, 2.75) is 38.0 Å². The van der Waals surface area contributed by atoms with Crippen molar-refractivity contribution in [1.29, 1.82) is 0 Å². The lowest BCUT2D eigenvalue weighted by Gasteiger charge is -2.32. The highest BCUT2D eigenvalue weighted by Gasteiger charge is 2.33. The molecule has 3 aromatic heterocycles. The number of piperidine rings is 1. The van der Waals surface area contributed by atoms with Crippen LogP contribution in [0.25, 0.3) is 10.9 Å². The molecule has 4 amide bonds. The fourth-order valence-electron chi connectivity index (χ4n) is 5.48. The van der Waals surface area contributed by atoms with Gasteiger partial charge in [-0.3, -0.25) is 34.4 Å². The summed E-state index contributed by atoms with van der Waals surface area (Å²) < 4.78 is 46.5. The molecule has 0 saturated carbocycles. The summed E-state index contributed by atoms with van der Waals surface area (Å²) in [4.78, 5) is 48.0. The Labute approximate surface area is 255 Å². The summed E-state index contributed by atoms with van der Waals surface area (Å²) in [6, 6.07) is 9.93. The van der Waals surface area contributed by atoms with E-state index in [0.717, 1.165) is 49.1 Å². The first-order chi connectivity index (χ1) is 21.6. The summed E-state index contributed by atoms with van der Waals surface area (Å²) in [6.07, 6.45) is 0.802. The van der Waals surface area contributed by atoms with E-state index < -0.39 is 23.8 Å². The smallest absolute Gasteiger partial charge is 0.433 e. The molecule has 12 nitrogen and oxygen atoms in total. The highest BCUT2D eigenvalue weighted by atomic mass is 19.4. The Bertz CT molecular complexity index is 1750. The van der Waals surface area contributed by atoms with Gasteiger partial charge in [-0.15, -0.1) is 0 Å². The quantitative estimate of drug-likeness (QED) is 0.310. The molecule has 2 aliphatic rings. The third kappa shape index (κ3) is 6.57. The number of likely N-dealkylation sites (tertiary alicyclic amines) is 1. The molecule has 0 aliphatic carbocycles. The number of hydrogen-bond acceptors (Lipinski definition) is 8. The second-order valence-electron chi connectivity index (χ2n) is 10.9. The van der Waals surface area contributed by atoms with E-state index in [1.165, 1.54) is 18.1 Å². The first-order valence-corrected chi connectivity index (χ1v) is 14.3. The van der Waals surface area contributed by atoms with Crippen molar-refractivity contribution in [2.75, 3.05) is 37.0 Å². The molecule has 45 heavy (non-hydrogen) atoms. The minimum absolute atomic E-state index is 0.141. The van der Waals surface area contributed by atoms with Crippen molar-refractivity contribution in [1.82, 2.24) is 30.0 Å². The van der Waals surface area contributed by atoms with Gasteiger partial charge in [-0.2, -0.15) is 18.3 Å². The van der Waals surface area contributed by atoms with Crippen LogP contribution in [0.4, 0.5) is 29.3 Å². The Balaban J connectivity index is 1.08. The monoisotopic (exact) mass is 622 g/mol. The zero-order valence-corrected chi connectivity index (χ0v) is 24.2. The van der Waals surface area contributed by atoms with Crippen LogP contribution in [0.5, 0.6) is 5.75 Å². The number of methoxy groups -OCH3 is 1. The molecular weight excluding hydrogens is 593 g/mol. The molecule has 2 N–H and O–H groups in total. The molecule has 0 spiro atoms. The minimum atomic E-state index is -4.67. The molecule has 234 valence electrons. The van der Waals surface area contributed by atoms with Gasteiger partial charge >= 0.3 is 12.2 Å². The largest absolute Gasteiger partial charge is 0.494 e. The maximum atomic E-state index is 13.1. The maximum Gasteiger partial charge on any atom is 0.433 e. The zero-order valence-electron chi connectivity index (χ0n) is 24.2. The van der Waals surface area contributed by atoms with Crippen molar-refractivity contribution < 1.29 is 32.3 Å². The number of nitrogens with zero attached hydrogens (tertiary/aromatic N) is 6. The molecule has 2 fully saturated rings. The summed E-state index contributed by atoms with van der Waals surface area (Å²) in [6.45, 7) is 2.60. The number of ether oxygens (including phenoxy) is 1. The second kappa shape index (κ2) is 12.1. The lowest BCUT2D eigenvalue weighted by atomic mass is 10.1. The van der Waals surface area contributed by atoms with Crippen LogP contribution in [0, 0.1) is 0 Å². The van der Waals surface area contributed by atoms with E-state index in [0.29, 0.717) is 30.0 Å².